The molecule has 2 atom stereocenters. The highest BCUT2D eigenvalue weighted by atomic mass is 19.1. The molecular formula is C23H22F2N4O7. The molecule has 190 valence electrons. The minimum Gasteiger partial charge on any atom is -0.494 e. The maximum atomic E-state index is 14.8. The van der Waals surface area contributed by atoms with E-state index < -0.39 is 47.0 Å². The van der Waals surface area contributed by atoms with Gasteiger partial charge in [-0.15, -0.1) is 0 Å². The third kappa shape index (κ3) is 4.97. The Hall–Kier alpha value is -4.10. The monoisotopic (exact) mass is 504 g/mol. The van der Waals surface area contributed by atoms with Crippen LogP contribution in [-0.2, 0) is 20.8 Å². The van der Waals surface area contributed by atoms with Gasteiger partial charge in [0.2, 0.25) is 11.7 Å². The molecule has 2 aromatic carbocycles. The summed E-state index contributed by atoms with van der Waals surface area (Å²) in [7, 11) is 1.28. The van der Waals surface area contributed by atoms with Gasteiger partial charge >= 0.3 is 0 Å². The summed E-state index contributed by atoms with van der Waals surface area (Å²) in [5.74, 6) is -4.00. The van der Waals surface area contributed by atoms with E-state index in [-0.39, 0.29) is 48.8 Å². The van der Waals surface area contributed by atoms with Crippen molar-refractivity contribution in [2.75, 3.05) is 26.9 Å². The van der Waals surface area contributed by atoms with Crippen molar-refractivity contribution in [2.24, 2.45) is 11.5 Å². The molecule has 0 saturated carbocycles. The highest BCUT2D eigenvalue weighted by Crippen LogP contribution is 2.27. The van der Waals surface area contributed by atoms with E-state index in [4.69, 9.17) is 30.4 Å². The first-order valence-electron chi connectivity index (χ1n) is 10.7. The average Bonchev–Trinajstić information content (AvgIpc) is 2.86. The minimum absolute atomic E-state index is 0.0206. The highest BCUT2D eigenvalue weighted by molar-refractivity contribution is 5.93. The van der Waals surface area contributed by atoms with Crippen LogP contribution in [-0.4, -0.2) is 60.5 Å². The second-order valence-corrected chi connectivity index (χ2v) is 7.92. The summed E-state index contributed by atoms with van der Waals surface area (Å²) in [4.78, 5) is 40.9. The van der Waals surface area contributed by atoms with E-state index in [0.29, 0.717) is 5.56 Å². The lowest BCUT2D eigenvalue weighted by Gasteiger charge is -2.27. The number of aromatic nitrogens is 2. The van der Waals surface area contributed by atoms with Crippen LogP contribution >= 0.6 is 0 Å². The molecule has 13 heteroatoms. The number of carbonyl (C=O) groups excluding carboxylic acids is 2. The number of carbonyl (C=O) groups is 2. The maximum absolute atomic E-state index is 14.8. The van der Waals surface area contributed by atoms with Gasteiger partial charge in [0.15, 0.2) is 29.2 Å². The second kappa shape index (κ2) is 10.3. The Kier molecular flexibility index (Phi) is 7.12. The lowest BCUT2D eigenvalue weighted by molar-refractivity contribution is -0.161. The topological polar surface area (TPSA) is 158 Å². The zero-order valence-corrected chi connectivity index (χ0v) is 19.0. The Bertz CT molecular complexity index is 1390. The van der Waals surface area contributed by atoms with Gasteiger partial charge in [-0.3, -0.25) is 19.0 Å². The van der Waals surface area contributed by atoms with Crippen LogP contribution in [0.2, 0.25) is 0 Å². The first-order valence-corrected chi connectivity index (χ1v) is 10.7. The summed E-state index contributed by atoms with van der Waals surface area (Å²) in [5.41, 5.74) is 10.2. The number of methoxy groups -OCH3 is 1. The smallest absolute Gasteiger partial charge is 0.284 e. The molecule has 2 unspecified atom stereocenters. The Morgan fingerprint density at radius 2 is 1.89 bits per heavy atom. The van der Waals surface area contributed by atoms with E-state index in [1.165, 1.54) is 25.3 Å². The van der Waals surface area contributed by atoms with E-state index in [2.05, 4.69) is 4.98 Å². The number of primary amides is 2. The number of benzene rings is 2. The lowest BCUT2D eigenvalue weighted by Crippen LogP contribution is -2.45. The normalized spacial score (nSPS) is 17.6. The molecule has 1 aliphatic rings. The Balaban J connectivity index is 1.71. The third-order valence-electron chi connectivity index (χ3n) is 5.50. The Morgan fingerprint density at radius 1 is 1.14 bits per heavy atom. The molecule has 1 aromatic heterocycles. The number of hydrogen-bond acceptors (Lipinski definition) is 8. The van der Waals surface area contributed by atoms with E-state index in [9.17, 15) is 23.2 Å². The van der Waals surface area contributed by atoms with Crippen LogP contribution in [0.1, 0.15) is 16.2 Å². The van der Waals surface area contributed by atoms with Gasteiger partial charge in [-0.2, -0.15) is 0 Å². The third-order valence-corrected chi connectivity index (χ3v) is 5.50. The molecule has 2 amide bonds. The molecule has 4 N–H and O–H groups in total. The SMILES string of the molecule is COc1cc(Cn2c(C(N)=O)nc3ccc(F)c(OCC4COC(C(N)=O)CO4)c3c2=O)ccc1F. The number of halogens is 2. The zero-order chi connectivity index (χ0) is 26.0. The van der Waals surface area contributed by atoms with Gasteiger partial charge in [-0.25, -0.2) is 13.8 Å². The van der Waals surface area contributed by atoms with Crippen molar-refractivity contribution in [3.63, 3.8) is 0 Å². The predicted octanol–water partition coefficient (Wildman–Crippen LogP) is 0.479. The summed E-state index contributed by atoms with van der Waals surface area (Å²) in [6.07, 6.45) is -1.56. The molecule has 0 bridgehead atoms. The highest BCUT2D eigenvalue weighted by Gasteiger charge is 2.28. The van der Waals surface area contributed by atoms with Gasteiger partial charge in [0.05, 0.1) is 32.4 Å². The molecule has 1 aliphatic heterocycles. The fraction of sp³-hybridized carbons (Fsp3) is 0.304. The van der Waals surface area contributed by atoms with Gasteiger partial charge in [0.1, 0.15) is 18.1 Å². The summed E-state index contributed by atoms with van der Waals surface area (Å²) >= 11 is 0. The molecule has 36 heavy (non-hydrogen) atoms. The van der Waals surface area contributed by atoms with Crippen LogP contribution in [0.3, 0.4) is 0 Å². The van der Waals surface area contributed by atoms with E-state index in [1.807, 2.05) is 0 Å². The van der Waals surface area contributed by atoms with Crippen LogP contribution in [0.4, 0.5) is 8.78 Å². The van der Waals surface area contributed by atoms with Gasteiger partial charge in [0, 0.05) is 0 Å². The average molecular weight is 504 g/mol. The van der Waals surface area contributed by atoms with Crippen molar-refractivity contribution in [1.29, 1.82) is 0 Å². The van der Waals surface area contributed by atoms with Crippen molar-refractivity contribution in [2.45, 2.75) is 18.8 Å². The van der Waals surface area contributed by atoms with Crippen LogP contribution < -0.4 is 26.5 Å². The van der Waals surface area contributed by atoms with Crippen LogP contribution in [0.25, 0.3) is 10.9 Å². The predicted molar refractivity (Wildman–Crippen MR) is 121 cm³/mol. The fourth-order valence-electron chi connectivity index (χ4n) is 3.69. The van der Waals surface area contributed by atoms with E-state index >= 15 is 0 Å². The van der Waals surface area contributed by atoms with Crippen LogP contribution in [0.5, 0.6) is 11.5 Å². The molecular weight excluding hydrogens is 482 g/mol. The number of nitrogens with zero attached hydrogens (tertiary/aromatic N) is 2. The molecule has 1 saturated heterocycles. The number of rotatable bonds is 8. The van der Waals surface area contributed by atoms with E-state index in [1.54, 1.807) is 0 Å². The lowest BCUT2D eigenvalue weighted by atomic mass is 10.1. The second-order valence-electron chi connectivity index (χ2n) is 7.92. The van der Waals surface area contributed by atoms with Crippen molar-refractivity contribution >= 4 is 22.7 Å². The number of hydrogen-bond donors (Lipinski definition) is 2. The molecule has 0 radical (unpaired) electrons. The van der Waals surface area contributed by atoms with Crippen molar-refractivity contribution in [3.8, 4) is 11.5 Å². The van der Waals surface area contributed by atoms with Crippen LogP contribution in [0, 0.1) is 11.6 Å². The minimum atomic E-state index is -0.994. The fourth-order valence-corrected chi connectivity index (χ4v) is 3.69. The molecule has 0 aliphatic carbocycles. The standard InChI is InChI=1S/C23H22F2N4O7/c1-33-16-6-11(2-3-13(16)24)7-29-22(21(27)31)28-15-5-4-14(25)19(18(15)23(29)32)36-9-12-8-35-17(10-34-12)20(26)30/h2-6,12,17H,7-10H2,1H3,(H2,26,30)(H2,27,31). The van der Waals surface area contributed by atoms with Crippen molar-refractivity contribution in [3.05, 3.63) is 63.7 Å². The van der Waals surface area contributed by atoms with E-state index in [0.717, 1.165) is 16.7 Å². The van der Waals surface area contributed by atoms with Gasteiger partial charge < -0.3 is 30.4 Å². The summed E-state index contributed by atoms with van der Waals surface area (Å²) in [6, 6.07) is 6.13. The maximum Gasteiger partial charge on any atom is 0.284 e. The Labute approximate surface area is 202 Å². The first kappa shape index (κ1) is 25.0. The molecule has 2 heterocycles. The zero-order valence-electron chi connectivity index (χ0n) is 19.0. The molecule has 3 aromatic rings. The summed E-state index contributed by atoms with van der Waals surface area (Å²) < 4.78 is 50.9. The number of fused-ring (bicyclic) bond motifs is 1. The molecule has 1 fully saturated rings. The van der Waals surface area contributed by atoms with Gasteiger partial charge in [-0.05, 0) is 29.8 Å². The van der Waals surface area contributed by atoms with Gasteiger partial charge in [-0.1, -0.05) is 6.07 Å². The van der Waals surface area contributed by atoms with Gasteiger partial charge in [0.25, 0.3) is 11.5 Å². The first-order chi connectivity index (χ1) is 17.2. The largest absolute Gasteiger partial charge is 0.494 e. The summed E-state index contributed by atoms with van der Waals surface area (Å²) in [5, 5.41) is -0.235. The molecule has 4 rings (SSSR count). The van der Waals surface area contributed by atoms with Crippen LogP contribution in [0.15, 0.2) is 35.1 Å². The molecule has 11 nitrogen and oxygen atoms in total. The van der Waals surface area contributed by atoms with Crippen molar-refractivity contribution in [1.82, 2.24) is 9.55 Å². The number of amides is 2. The molecule has 0 spiro atoms. The number of nitrogens with two attached hydrogens (primary N) is 2. The Morgan fingerprint density at radius 3 is 2.53 bits per heavy atom. The number of ether oxygens (including phenoxy) is 4. The summed E-state index contributed by atoms with van der Waals surface area (Å²) in [6.45, 7) is -0.589. The quantitative estimate of drug-likeness (QED) is 0.448. The van der Waals surface area contributed by atoms with Crippen molar-refractivity contribution < 1.29 is 37.3 Å².